The molecule has 106 valence electrons. The summed E-state index contributed by atoms with van der Waals surface area (Å²) >= 11 is 0. The number of nitrogens with one attached hydrogen (secondary N) is 3. The summed E-state index contributed by atoms with van der Waals surface area (Å²) in [7, 11) is 0. The van der Waals surface area contributed by atoms with E-state index in [-0.39, 0.29) is 11.9 Å². The second-order valence-electron chi connectivity index (χ2n) is 4.53. The lowest BCUT2D eigenvalue weighted by molar-refractivity contribution is 0.0938. The van der Waals surface area contributed by atoms with E-state index in [1.165, 1.54) is 0 Å². The minimum Gasteiger partial charge on any atom is -0.385 e. The highest BCUT2D eigenvalue weighted by Crippen LogP contribution is 2.17. The van der Waals surface area contributed by atoms with Gasteiger partial charge in [-0.2, -0.15) is 5.21 Å². The zero-order chi connectivity index (χ0) is 14.5. The Bertz CT molecular complexity index is 581. The highest BCUT2D eigenvalue weighted by atomic mass is 16.1. The molecule has 0 radical (unpaired) electrons. The van der Waals surface area contributed by atoms with Crippen molar-refractivity contribution in [1.82, 2.24) is 25.9 Å². The van der Waals surface area contributed by atoms with Crippen LogP contribution in [0, 0.1) is 6.92 Å². The lowest BCUT2D eigenvalue weighted by Gasteiger charge is -2.12. The molecule has 1 heterocycles. The van der Waals surface area contributed by atoms with Crippen molar-refractivity contribution in [3.05, 3.63) is 35.2 Å². The Hall–Kier alpha value is -2.44. The summed E-state index contributed by atoms with van der Waals surface area (Å²) in [5.41, 5.74) is 2.68. The summed E-state index contributed by atoms with van der Waals surface area (Å²) in [5.74, 6) is 0.299. The zero-order valence-electron chi connectivity index (χ0n) is 11.8. The van der Waals surface area contributed by atoms with Crippen LogP contribution in [0.5, 0.6) is 0 Å². The number of benzene rings is 1. The maximum atomic E-state index is 12.2. The third-order valence-corrected chi connectivity index (χ3v) is 2.95. The third-order valence-electron chi connectivity index (χ3n) is 2.95. The van der Waals surface area contributed by atoms with Crippen molar-refractivity contribution < 1.29 is 4.79 Å². The van der Waals surface area contributed by atoms with Gasteiger partial charge in [-0.3, -0.25) is 4.79 Å². The molecule has 0 aliphatic carbocycles. The number of amides is 1. The average molecular weight is 274 g/mol. The van der Waals surface area contributed by atoms with Gasteiger partial charge < -0.3 is 10.6 Å². The second kappa shape index (κ2) is 6.14. The lowest BCUT2D eigenvalue weighted by atomic mass is 10.1. The van der Waals surface area contributed by atoms with Crippen molar-refractivity contribution in [2.45, 2.75) is 26.8 Å². The molecule has 1 aromatic heterocycles. The fourth-order valence-electron chi connectivity index (χ4n) is 1.89. The molecule has 1 atom stereocenters. The first-order valence-electron chi connectivity index (χ1n) is 6.50. The van der Waals surface area contributed by atoms with Crippen LogP contribution in [0.15, 0.2) is 18.2 Å². The Kier molecular flexibility index (Phi) is 4.29. The smallest absolute Gasteiger partial charge is 0.251 e. The van der Waals surface area contributed by atoms with E-state index in [0.717, 1.165) is 17.8 Å². The first-order chi connectivity index (χ1) is 9.61. The Morgan fingerprint density at radius 2 is 2.25 bits per heavy atom. The molecule has 0 aliphatic rings. The van der Waals surface area contributed by atoms with Crippen LogP contribution in [0.3, 0.4) is 0 Å². The highest BCUT2D eigenvalue weighted by Gasteiger charge is 2.15. The van der Waals surface area contributed by atoms with Crippen molar-refractivity contribution in [2.24, 2.45) is 0 Å². The minimum absolute atomic E-state index is 0.159. The molecular formula is C13H18N6O. The van der Waals surface area contributed by atoms with Crippen LogP contribution in [0.2, 0.25) is 0 Å². The topological polar surface area (TPSA) is 95.6 Å². The van der Waals surface area contributed by atoms with Gasteiger partial charge in [0.1, 0.15) is 0 Å². The average Bonchev–Trinajstić information content (AvgIpc) is 2.95. The van der Waals surface area contributed by atoms with Crippen LogP contribution in [0.25, 0.3) is 0 Å². The number of aromatic amines is 1. The van der Waals surface area contributed by atoms with Gasteiger partial charge in [0.2, 0.25) is 0 Å². The van der Waals surface area contributed by atoms with Crippen molar-refractivity contribution in [2.75, 3.05) is 11.9 Å². The molecule has 0 saturated heterocycles. The summed E-state index contributed by atoms with van der Waals surface area (Å²) in [6, 6.07) is 5.27. The molecule has 7 heteroatoms. The molecule has 1 aromatic carbocycles. The number of hydrogen-bond acceptors (Lipinski definition) is 5. The molecule has 0 spiro atoms. The maximum absolute atomic E-state index is 12.2. The largest absolute Gasteiger partial charge is 0.385 e. The first kappa shape index (κ1) is 14.0. The second-order valence-corrected chi connectivity index (χ2v) is 4.53. The molecule has 20 heavy (non-hydrogen) atoms. The first-order valence-corrected chi connectivity index (χ1v) is 6.50. The summed E-state index contributed by atoms with van der Waals surface area (Å²) in [5, 5.41) is 19.6. The summed E-state index contributed by atoms with van der Waals surface area (Å²) < 4.78 is 0. The maximum Gasteiger partial charge on any atom is 0.251 e. The van der Waals surface area contributed by atoms with Crippen LogP contribution >= 0.6 is 0 Å². The van der Waals surface area contributed by atoms with Crippen molar-refractivity contribution in [1.29, 1.82) is 0 Å². The predicted molar refractivity (Wildman–Crippen MR) is 75.4 cm³/mol. The number of carbonyl (C=O) groups is 1. The van der Waals surface area contributed by atoms with E-state index in [0.29, 0.717) is 11.4 Å². The fraction of sp³-hybridized carbons (Fsp3) is 0.385. The Morgan fingerprint density at radius 1 is 1.45 bits per heavy atom. The van der Waals surface area contributed by atoms with Gasteiger partial charge in [-0.25, -0.2) is 0 Å². The number of aryl methyl sites for hydroxylation is 1. The van der Waals surface area contributed by atoms with Crippen molar-refractivity contribution in [3.8, 4) is 0 Å². The molecule has 0 aliphatic heterocycles. The van der Waals surface area contributed by atoms with E-state index in [1.807, 2.05) is 32.9 Å². The van der Waals surface area contributed by atoms with Gasteiger partial charge in [-0.1, -0.05) is 5.21 Å². The number of rotatable bonds is 5. The summed E-state index contributed by atoms with van der Waals surface area (Å²) in [4.78, 5) is 12.2. The predicted octanol–water partition coefficient (Wildman–Crippen LogP) is 1.43. The van der Waals surface area contributed by atoms with Gasteiger partial charge in [0.25, 0.3) is 5.91 Å². The van der Waals surface area contributed by atoms with E-state index >= 15 is 0 Å². The van der Waals surface area contributed by atoms with Crippen LogP contribution in [-0.4, -0.2) is 33.1 Å². The highest BCUT2D eigenvalue weighted by molar-refractivity contribution is 5.95. The number of tetrazole rings is 1. The SMILES string of the molecule is CCNc1ccc(C(=O)NC(C)c2nn[nH]n2)cc1C. The van der Waals surface area contributed by atoms with E-state index in [4.69, 9.17) is 0 Å². The summed E-state index contributed by atoms with van der Waals surface area (Å²) in [6.45, 7) is 6.66. The van der Waals surface area contributed by atoms with Crippen molar-refractivity contribution >= 4 is 11.6 Å². The van der Waals surface area contributed by atoms with Crippen LogP contribution in [0.1, 0.15) is 41.6 Å². The molecular weight excluding hydrogens is 256 g/mol. The molecule has 0 bridgehead atoms. The Morgan fingerprint density at radius 3 is 2.85 bits per heavy atom. The monoisotopic (exact) mass is 274 g/mol. The standard InChI is InChI=1S/C13H18N6O/c1-4-14-11-6-5-10(7-8(11)2)13(20)15-9(3)12-16-18-19-17-12/h5-7,9,14H,4H2,1-3H3,(H,15,20)(H,16,17,18,19). The molecule has 2 rings (SSSR count). The quantitative estimate of drug-likeness (QED) is 0.766. The van der Waals surface area contributed by atoms with Crippen LogP contribution < -0.4 is 10.6 Å². The lowest BCUT2D eigenvalue weighted by Crippen LogP contribution is -2.27. The van der Waals surface area contributed by atoms with Gasteiger partial charge in [-0.05, 0) is 44.5 Å². The van der Waals surface area contributed by atoms with E-state index in [2.05, 4.69) is 31.3 Å². The normalized spacial score (nSPS) is 11.9. The number of aromatic nitrogens is 4. The number of nitrogens with zero attached hydrogens (tertiary/aromatic N) is 3. The third kappa shape index (κ3) is 3.11. The number of H-pyrrole nitrogens is 1. The van der Waals surface area contributed by atoms with Gasteiger partial charge in [0.05, 0.1) is 6.04 Å². The zero-order valence-corrected chi connectivity index (χ0v) is 11.8. The van der Waals surface area contributed by atoms with Crippen LogP contribution in [-0.2, 0) is 0 Å². The molecule has 0 saturated carbocycles. The number of hydrogen-bond donors (Lipinski definition) is 3. The molecule has 2 aromatic rings. The number of anilines is 1. The van der Waals surface area contributed by atoms with Crippen LogP contribution in [0.4, 0.5) is 5.69 Å². The fourth-order valence-corrected chi connectivity index (χ4v) is 1.89. The van der Waals surface area contributed by atoms with Gasteiger partial charge in [0, 0.05) is 17.8 Å². The summed E-state index contributed by atoms with van der Waals surface area (Å²) in [6.07, 6.45) is 0. The Labute approximate surface area is 117 Å². The molecule has 3 N–H and O–H groups in total. The minimum atomic E-state index is -0.296. The Balaban J connectivity index is 2.07. The molecule has 0 fully saturated rings. The van der Waals surface area contributed by atoms with E-state index < -0.39 is 0 Å². The van der Waals surface area contributed by atoms with Gasteiger partial charge in [-0.15, -0.1) is 10.2 Å². The van der Waals surface area contributed by atoms with E-state index in [1.54, 1.807) is 6.07 Å². The molecule has 7 nitrogen and oxygen atoms in total. The van der Waals surface area contributed by atoms with Gasteiger partial charge in [0.15, 0.2) is 5.82 Å². The number of carbonyl (C=O) groups excluding carboxylic acids is 1. The van der Waals surface area contributed by atoms with Crippen molar-refractivity contribution in [3.63, 3.8) is 0 Å². The molecule has 1 unspecified atom stereocenters. The van der Waals surface area contributed by atoms with E-state index in [9.17, 15) is 4.79 Å². The molecule has 1 amide bonds. The van der Waals surface area contributed by atoms with Gasteiger partial charge >= 0.3 is 0 Å².